The van der Waals surface area contributed by atoms with Gasteiger partial charge in [0.1, 0.15) is 11.4 Å². The molecule has 0 atom stereocenters. The second-order valence-electron chi connectivity index (χ2n) is 4.41. The van der Waals surface area contributed by atoms with Gasteiger partial charge in [0.25, 0.3) is 11.8 Å². The number of nitrogens with one attached hydrogen (secondary N) is 2. The van der Waals surface area contributed by atoms with Crippen molar-refractivity contribution in [2.24, 2.45) is 7.05 Å². The van der Waals surface area contributed by atoms with Crippen molar-refractivity contribution in [3.05, 3.63) is 50.7 Å². The van der Waals surface area contributed by atoms with Crippen LogP contribution in [0.2, 0.25) is 0 Å². The molecule has 1 aromatic carbocycles. The lowest BCUT2D eigenvalue weighted by molar-refractivity contribution is 0.0841. The van der Waals surface area contributed by atoms with Gasteiger partial charge in [0.05, 0.1) is 12.7 Å². The normalized spacial score (nSPS) is 10.2. The van der Waals surface area contributed by atoms with Crippen LogP contribution in [0.1, 0.15) is 20.8 Å². The van der Waals surface area contributed by atoms with E-state index in [1.54, 1.807) is 42.1 Å². The molecule has 0 bridgehead atoms. The molecular formula is C14H13Br2N3O3. The van der Waals surface area contributed by atoms with Gasteiger partial charge in [-0.05, 0) is 56.1 Å². The summed E-state index contributed by atoms with van der Waals surface area (Å²) < 4.78 is 8.10. The van der Waals surface area contributed by atoms with E-state index in [1.807, 2.05) is 0 Å². The number of aryl methyl sites for hydroxylation is 1. The van der Waals surface area contributed by atoms with Crippen LogP contribution in [0.4, 0.5) is 0 Å². The highest BCUT2D eigenvalue weighted by atomic mass is 79.9. The smallest absolute Gasteiger partial charge is 0.286 e. The van der Waals surface area contributed by atoms with Crippen LogP contribution < -0.4 is 15.6 Å². The molecule has 2 aromatic rings. The summed E-state index contributed by atoms with van der Waals surface area (Å²) in [5, 5.41) is 0. The molecule has 6 nitrogen and oxygen atoms in total. The van der Waals surface area contributed by atoms with Crippen LogP contribution in [0.25, 0.3) is 0 Å². The Bertz CT molecular complexity index is 728. The van der Waals surface area contributed by atoms with Gasteiger partial charge in [0.15, 0.2) is 0 Å². The van der Waals surface area contributed by atoms with Gasteiger partial charge < -0.3 is 9.30 Å². The molecule has 0 aliphatic rings. The fraction of sp³-hybridized carbons (Fsp3) is 0.143. The zero-order chi connectivity index (χ0) is 16.3. The number of aromatic nitrogens is 1. The van der Waals surface area contributed by atoms with Crippen molar-refractivity contribution < 1.29 is 14.3 Å². The van der Waals surface area contributed by atoms with Crippen molar-refractivity contribution in [1.29, 1.82) is 0 Å². The number of hydrogen-bond acceptors (Lipinski definition) is 3. The van der Waals surface area contributed by atoms with Gasteiger partial charge in [-0.2, -0.15) is 0 Å². The molecule has 0 fully saturated rings. The quantitative estimate of drug-likeness (QED) is 0.735. The molecule has 0 unspecified atom stereocenters. The first-order valence-corrected chi connectivity index (χ1v) is 7.77. The van der Waals surface area contributed by atoms with E-state index in [1.165, 1.54) is 7.11 Å². The molecule has 2 N–H and O–H groups in total. The second kappa shape index (κ2) is 6.97. The van der Waals surface area contributed by atoms with E-state index in [4.69, 9.17) is 4.74 Å². The van der Waals surface area contributed by atoms with Gasteiger partial charge in [-0.3, -0.25) is 20.4 Å². The molecule has 0 aliphatic carbocycles. The maximum absolute atomic E-state index is 12.1. The molecule has 0 radical (unpaired) electrons. The summed E-state index contributed by atoms with van der Waals surface area (Å²) in [4.78, 5) is 24.2. The summed E-state index contributed by atoms with van der Waals surface area (Å²) in [6.07, 6.45) is 1.75. The maximum atomic E-state index is 12.1. The number of ether oxygens (including phenoxy) is 1. The van der Waals surface area contributed by atoms with E-state index in [0.29, 0.717) is 21.5 Å². The van der Waals surface area contributed by atoms with Crippen LogP contribution in [0.15, 0.2) is 39.4 Å². The second-order valence-corrected chi connectivity index (χ2v) is 6.18. The SMILES string of the molecule is COc1ccc(Br)c(C(=O)NNC(=O)c2cc(Br)cn2C)c1. The average molecular weight is 431 g/mol. The number of benzene rings is 1. The largest absolute Gasteiger partial charge is 0.497 e. The Hall–Kier alpha value is -1.80. The fourth-order valence-electron chi connectivity index (χ4n) is 1.80. The summed E-state index contributed by atoms with van der Waals surface area (Å²) in [5.74, 6) is -0.320. The molecule has 0 saturated carbocycles. The van der Waals surface area contributed by atoms with E-state index in [2.05, 4.69) is 42.7 Å². The molecule has 22 heavy (non-hydrogen) atoms. The minimum Gasteiger partial charge on any atom is -0.497 e. The zero-order valence-electron chi connectivity index (χ0n) is 11.8. The Morgan fingerprint density at radius 2 is 1.82 bits per heavy atom. The van der Waals surface area contributed by atoms with Crippen LogP contribution in [0.5, 0.6) is 5.75 Å². The molecule has 0 saturated heterocycles. The molecule has 116 valence electrons. The van der Waals surface area contributed by atoms with Crippen LogP contribution in [-0.4, -0.2) is 23.5 Å². The van der Waals surface area contributed by atoms with Crippen molar-refractivity contribution in [2.45, 2.75) is 0 Å². The van der Waals surface area contributed by atoms with Crippen molar-refractivity contribution in [3.8, 4) is 5.75 Å². The first-order valence-electron chi connectivity index (χ1n) is 6.18. The third kappa shape index (κ3) is 3.69. The van der Waals surface area contributed by atoms with Crippen LogP contribution in [0, 0.1) is 0 Å². The zero-order valence-corrected chi connectivity index (χ0v) is 15.0. The predicted molar refractivity (Wildman–Crippen MR) is 88.7 cm³/mol. The highest BCUT2D eigenvalue weighted by Gasteiger charge is 2.15. The molecule has 0 spiro atoms. The topological polar surface area (TPSA) is 72.4 Å². The van der Waals surface area contributed by atoms with Gasteiger partial charge in [-0.25, -0.2) is 0 Å². The molecule has 1 heterocycles. The summed E-state index contributed by atoms with van der Waals surface area (Å²) in [6.45, 7) is 0. The van der Waals surface area contributed by atoms with Crippen molar-refractivity contribution in [1.82, 2.24) is 15.4 Å². The standard InChI is InChI=1S/C14H13Br2N3O3/c1-19-7-8(15)5-12(19)14(21)18-17-13(20)10-6-9(22-2)3-4-11(10)16/h3-7H,1-2H3,(H,17,20)(H,18,21). The molecule has 0 aliphatic heterocycles. The molecular weight excluding hydrogens is 418 g/mol. The number of methoxy groups -OCH3 is 1. The van der Waals surface area contributed by atoms with Gasteiger partial charge in [-0.15, -0.1) is 0 Å². The predicted octanol–water partition coefficient (Wildman–Crippen LogP) is 2.63. The third-order valence-corrected chi connectivity index (χ3v) is 4.04. The van der Waals surface area contributed by atoms with E-state index in [0.717, 1.165) is 4.47 Å². The number of amides is 2. The number of hydrazine groups is 1. The van der Waals surface area contributed by atoms with Crippen molar-refractivity contribution in [3.63, 3.8) is 0 Å². The number of hydrogen-bond donors (Lipinski definition) is 2. The Morgan fingerprint density at radius 3 is 2.41 bits per heavy atom. The Balaban J connectivity index is 2.07. The third-order valence-electron chi connectivity index (χ3n) is 2.91. The molecule has 1 aromatic heterocycles. The van der Waals surface area contributed by atoms with Crippen molar-refractivity contribution >= 4 is 43.7 Å². The number of rotatable bonds is 3. The number of halogens is 2. The van der Waals surface area contributed by atoms with Crippen LogP contribution in [-0.2, 0) is 7.05 Å². The highest BCUT2D eigenvalue weighted by molar-refractivity contribution is 9.10. The first kappa shape index (κ1) is 16.6. The van der Waals surface area contributed by atoms with Gasteiger partial charge >= 0.3 is 0 Å². The fourth-order valence-corrected chi connectivity index (χ4v) is 2.75. The average Bonchev–Trinajstić information content (AvgIpc) is 2.83. The monoisotopic (exact) mass is 429 g/mol. The Kier molecular flexibility index (Phi) is 5.25. The first-order chi connectivity index (χ1) is 10.4. The lowest BCUT2D eigenvalue weighted by Gasteiger charge is -2.10. The number of nitrogens with zero attached hydrogens (tertiary/aromatic N) is 1. The summed E-state index contributed by atoms with van der Waals surface area (Å²) in [6, 6.07) is 6.65. The lowest BCUT2D eigenvalue weighted by atomic mass is 10.2. The Labute approximate surface area is 144 Å². The van der Waals surface area contributed by atoms with E-state index in [-0.39, 0.29) is 0 Å². The summed E-state index contributed by atoms with van der Waals surface area (Å²) >= 11 is 6.57. The number of carbonyl (C=O) groups excluding carboxylic acids is 2. The minimum atomic E-state index is -0.451. The van der Waals surface area contributed by atoms with Gasteiger partial charge in [-0.1, -0.05) is 0 Å². The van der Waals surface area contributed by atoms with Crippen molar-refractivity contribution in [2.75, 3.05) is 7.11 Å². The molecule has 2 amide bonds. The van der Waals surface area contributed by atoms with Gasteiger partial charge in [0, 0.05) is 22.2 Å². The minimum absolute atomic E-state index is 0.354. The number of carbonyl (C=O) groups is 2. The van der Waals surface area contributed by atoms with Crippen LogP contribution >= 0.6 is 31.9 Å². The van der Waals surface area contributed by atoms with Crippen LogP contribution in [0.3, 0.4) is 0 Å². The summed E-state index contributed by atoms with van der Waals surface area (Å²) in [7, 11) is 3.25. The lowest BCUT2D eigenvalue weighted by Crippen LogP contribution is -2.42. The highest BCUT2D eigenvalue weighted by Crippen LogP contribution is 2.22. The Morgan fingerprint density at radius 1 is 1.14 bits per heavy atom. The van der Waals surface area contributed by atoms with E-state index < -0.39 is 11.8 Å². The van der Waals surface area contributed by atoms with E-state index in [9.17, 15) is 9.59 Å². The van der Waals surface area contributed by atoms with Gasteiger partial charge in [0.2, 0.25) is 0 Å². The summed E-state index contributed by atoms with van der Waals surface area (Å²) in [5.41, 5.74) is 5.52. The van der Waals surface area contributed by atoms with E-state index >= 15 is 0 Å². The molecule has 8 heteroatoms. The maximum Gasteiger partial charge on any atom is 0.286 e. The molecule has 2 rings (SSSR count).